The van der Waals surface area contributed by atoms with Gasteiger partial charge in [-0.05, 0) is 31.9 Å². The lowest BCUT2D eigenvalue weighted by Gasteiger charge is -2.19. The van der Waals surface area contributed by atoms with Crippen molar-refractivity contribution in [1.29, 1.82) is 0 Å². The maximum Gasteiger partial charge on any atom is 0.235 e. The van der Waals surface area contributed by atoms with Gasteiger partial charge in [0.2, 0.25) is 11.1 Å². The van der Waals surface area contributed by atoms with Gasteiger partial charge in [0.15, 0.2) is 5.82 Å². The maximum absolute atomic E-state index is 12.4. The number of carbonyl (C=O) groups excluding carboxylic acids is 1. The van der Waals surface area contributed by atoms with E-state index in [-0.39, 0.29) is 11.2 Å². The SMILES string of the molecule is COc1ccccc1-c1nnc(SC(C)C(=O)N2CCCC2)n1N. The van der Waals surface area contributed by atoms with Crippen LogP contribution in [0.4, 0.5) is 0 Å². The third-order valence-corrected chi connectivity index (χ3v) is 5.10. The van der Waals surface area contributed by atoms with Crippen molar-refractivity contribution in [2.45, 2.75) is 30.2 Å². The molecule has 1 aromatic carbocycles. The van der Waals surface area contributed by atoms with E-state index in [0.717, 1.165) is 31.5 Å². The highest BCUT2D eigenvalue weighted by molar-refractivity contribution is 8.00. The molecule has 1 aromatic heterocycles. The van der Waals surface area contributed by atoms with Gasteiger partial charge >= 0.3 is 0 Å². The number of thioether (sulfide) groups is 1. The van der Waals surface area contributed by atoms with Crippen molar-refractivity contribution in [2.75, 3.05) is 26.0 Å². The first-order valence-electron chi connectivity index (χ1n) is 7.91. The van der Waals surface area contributed by atoms with Crippen LogP contribution < -0.4 is 10.6 Å². The van der Waals surface area contributed by atoms with Gasteiger partial charge in [-0.2, -0.15) is 0 Å². The van der Waals surface area contributed by atoms with E-state index in [9.17, 15) is 4.79 Å². The molecule has 7 nitrogen and oxygen atoms in total. The highest BCUT2D eigenvalue weighted by Gasteiger charge is 2.26. The second-order valence-electron chi connectivity index (χ2n) is 5.67. The summed E-state index contributed by atoms with van der Waals surface area (Å²) in [5.74, 6) is 7.46. The van der Waals surface area contributed by atoms with Crippen molar-refractivity contribution in [2.24, 2.45) is 0 Å². The number of ether oxygens (including phenoxy) is 1. The quantitative estimate of drug-likeness (QED) is 0.655. The first-order valence-corrected chi connectivity index (χ1v) is 8.79. The normalized spacial score (nSPS) is 15.5. The molecule has 0 aliphatic carbocycles. The van der Waals surface area contributed by atoms with E-state index < -0.39 is 0 Å². The van der Waals surface area contributed by atoms with Crippen LogP contribution in [0.15, 0.2) is 29.4 Å². The van der Waals surface area contributed by atoms with Crippen molar-refractivity contribution in [3.05, 3.63) is 24.3 Å². The van der Waals surface area contributed by atoms with E-state index in [1.54, 1.807) is 7.11 Å². The van der Waals surface area contributed by atoms with E-state index >= 15 is 0 Å². The number of nitrogens with two attached hydrogens (primary N) is 1. The Morgan fingerprint density at radius 1 is 1.29 bits per heavy atom. The largest absolute Gasteiger partial charge is 0.496 e. The summed E-state index contributed by atoms with van der Waals surface area (Å²) in [6.45, 7) is 3.56. The van der Waals surface area contributed by atoms with E-state index in [4.69, 9.17) is 10.6 Å². The topological polar surface area (TPSA) is 86.3 Å². The van der Waals surface area contributed by atoms with Gasteiger partial charge in [0.25, 0.3) is 0 Å². The molecule has 0 radical (unpaired) electrons. The Morgan fingerprint density at radius 2 is 2.00 bits per heavy atom. The van der Waals surface area contributed by atoms with Crippen LogP contribution in [0.1, 0.15) is 19.8 Å². The number of nitrogen functional groups attached to an aromatic ring is 1. The molecule has 2 aromatic rings. The number of hydrogen-bond donors (Lipinski definition) is 1. The molecule has 0 spiro atoms. The molecule has 128 valence electrons. The molecule has 1 amide bonds. The van der Waals surface area contributed by atoms with E-state index in [1.165, 1.54) is 16.4 Å². The van der Waals surface area contributed by atoms with Crippen LogP contribution in [0.5, 0.6) is 5.75 Å². The number of hydrogen-bond acceptors (Lipinski definition) is 6. The smallest absolute Gasteiger partial charge is 0.235 e. The third-order valence-electron chi connectivity index (χ3n) is 4.06. The molecule has 1 saturated heterocycles. The predicted molar refractivity (Wildman–Crippen MR) is 93.3 cm³/mol. The number of likely N-dealkylation sites (tertiary alicyclic amines) is 1. The fourth-order valence-electron chi connectivity index (χ4n) is 2.77. The predicted octanol–water partition coefficient (Wildman–Crippen LogP) is 1.77. The molecule has 8 heteroatoms. The van der Waals surface area contributed by atoms with Crippen LogP contribution in [0.3, 0.4) is 0 Å². The molecule has 1 unspecified atom stereocenters. The highest BCUT2D eigenvalue weighted by atomic mass is 32.2. The number of aromatic nitrogens is 3. The molecule has 1 atom stereocenters. The fourth-order valence-corrected chi connectivity index (χ4v) is 3.63. The second-order valence-corrected chi connectivity index (χ2v) is 6.98. The summed E-state index contributed by atoms with van der Waals surface area (Å²) in [4.78, 5) is 14.3. The third kappa shape index (κ3) is 3.19. The van der Waals surface area contributed by atoms with Crippen LogP contribution in [-0.4, -0.2) is 51.1 Å². The van der Waals surface area contributed by atoms with Gasteiger partial charge in [-0.1, -0.05) is 23.9 Å². The molecule has 3 rings (SSSR count). The first kappa shape index (κ1) is 16.6. The zero-order valence-corrected chi connectivity index (χ0v) is 14.6. The van der Waals surface area contributed by atoms with Crippen LogP contribution in [0.2, 0.25) is 0 Å². The molecule has 1 aliphatic heterocycles. The van der Waals surface area contributed by atoms with Crippen molar-refractivity contribution in [3.63, 3.8) is 0 Å². The summed E-state index contributed by atoms with van der Waals surface area (Å²) in [5.41, 5.74) is 0.764. The fraction of sp³-hybridized carbons (Fsp3) is 0.438. The Balaban J connectivity index is 1.78. The summed E-state index contributed by atoms with van der Waals surface area (Å²) in [5, 5.41) is 8.57. The molecule has 1 aliphatic rings. The van der Waals surface area contributed by atoms with Gasteiger partial charge < -0.3 is 15.5 Å². The van der Waals surface area contributed by atoms with Gasteiger partial charge in [-0.25, -0.2) is 4.68 Å². The lowest BCUT2D eigenvalue weighted by atomic mass is 10.2. The Bertz CT molecular complexity index is 727. The molecule has 1 fully saturated rings. The summed E-state index contributed by atoms with van der Waals surface area (Å²) in [6.07, 6.45) is 2.16. The van der Waals surface area contributed by atoms with Crippen LogP contribution in [-0.2, 0) is 4.79 Å². The minimum absolute atomic E-state index is 0.124. The molecular weight excluding hydrogens is 326 g/mol. The van der Waals surface area contributed by atoms with E-state index in [1.807, 2.05) is 36.1 Å². The Hall–Kier alpha value is -2.22. The molecule has 24 heavy (non-hydrogen) atoms. The molecule has 2 heterocycles. The molecule has 2 N–H and O–H groups in total. The van der Waals surface area contributed by atoms with Gasteiger partial charge in [0.05, 0.1) is 17.9 Å². The highest BCUT2D eigenvalue weighted by Crippen LogP contribution is 2.30. The summed E-state index contributed by atoms with van der Waals surface area (Å²) in [6, 6.07) is 7.49. The second kappa shape index (κ2) is 7.12. The molecular formula is C16H21N5O2S. The first-order chi connectivity index (χ1) is 11.6. The van der Waals surface area contributed by atoms with Crippen molar-refractivity contribution in [3.8, 4) is 17.1 Å². The van der Waals surface area contributed by atoms with Crippen molar-refractivity contribution < 1.29 is 9.53 Å². The monoisotopic (exact) mass is 347 g/mol. The zero-order chi connectivity index (χ0) is 17.1. The van der Waals surface area contributed by atoms with E-state index in [2.05, 4.69) is 10.2 Å². The minimum Gasteiger partial charge on any atom is -0.496 e. The van der Waals surface area contributed by atoms with Gasteiger partial charge in [-0.15, -0.1) is 10.2 Å². The zero-order valence-electron chi connectivity index (χ0n) is 13.8. The Kier molecular flexibility index (Phi) is 4.94. The van der Waals surface area contributed by atoms with Crippen molar-refractivity contribution in [1.82, 2.24) is 19.8 Å². The molecule has 0 saturated carbocycles. The van der Waals surface area contributed by atoms with Gasteiger partial charge in [0.1, 0.15) is 5.75 Å². The molecule has 0 bridgehead atoms. The van der Waals surface area contributed by atoms with Crippen LogP contribution in [0.25, 0.3) is 11.4 Å². The van der Waals surface area contributed by atoms with Gasteiger partial charge in [0, 0.05) is 13.1 Å². The average Bonchev–Trinajstić information content (AvgIpc) is 3.25. The van der Waals surface area contributed by atoms with E-state index in [0.29, 0.717) is 16.7 Å². The lowest BCUT2D eigenvalue weighted by molar-refractivity contribution is -0.129. The summed E-state index contributed by atoms with van der Waals surface area (Å²) < 4.78 is 6.76. The summed E-state index contributed by atoms with van der Waals surface area (Å²) >= 11 is 1.33. The number of benzene rings is 1. The number of rotatable bonds is 5. The number of amides is 1. The number of carbonyl (C=O) groups is 1. The van der Waals surface area contributed by atoms with Gasteiger partial charge in [-0.3, -0.25) is 4.79 Å². The van der Waals surface area contributed by atoms with Crippen LogP contribution in [0, 0.1) is 0 Å². The van der Waals surface area contributed by atoms with Crippen LogP contribution >= 0.6 is 11.8 Å². The summed E-state index contributed by atoms with van der Waals surface area (Å²) in [7, 11) is 1.60. The maximum atomic E-state index is 12.4. The Labute approximate surface area is 145 Å². The average molecular weight is 347 g/mol. The Morgan fingerprint density at radius 3 is 2.71 bits per heavy atom. The van der Waals surface area contributed by atoms with Crippen molar-refractivity contribution >= 4 is 17.7 Å². The number of nitrogens with zero attached hydrogens (tertiary/aromatic N) is 4. The number of methoxy groups -OCH3 is 1. The standard InChI is InChI=1S/C16H21N5O2S/c1-11(15(22)20-9-5-6-10-20)24-16-19-18-14(21(16)17)12-7-3-4-8-13(12)23-2/h3-4,7-8,11H,5-6,9-10,17H2,1-2H3. The minimum atomic E-state index is -0.250. The number of para-hydroxylation sites is 1. The lowest BCUT2D eigenvalue weighted by Crippen LogP contribution is -2.34.